The third-order valence-electron chi connectivity index (χ3n) is 2.90. The van der Waals surface area contributed by atoms with Gasteiger partial charge in [0.2, 0.25) is 0 Å². The van der Waals surface area contributed by atoms with Crippen molar-refractivity contribution < 1.29 is 19.6 Å². The number of benzene rings is 2. The van der Waals surface area contributed by atoms with Gasteiger partial charge in [0.15, 0.2) is 0 Å². The summed E-state index contributed by atoms with van der Waals surface area (Å²) in [7, 11) is 0. The lowest BCUT2D eigenvalue weighted by molar-refractivity contribution is -0.384. The Morgan fingerprint density at radius 1 is 1.16 bits per heavy atom. The molecule has 0 fully saturated rings. The molecule has 25 heavy (non-hydrogen) atoms. The molecule has 0 aromatic heterocycles. The number of carbonyl (C=O) groups is 2. The number of amides is 2. The van der Waals surface area contributed by atoms with E-state index in [0.717, 1.165) is 24.4 Å². The number of nitro benzene ring substituents is 1. The molecule has 0 saturated heterocycles. The van der Waals surface area contributed by atoms with E-state index in [-0.39, 0.29) is 17.0 Å². The van der Waals surface area contributed by atoms with Gasteiger partial charge >= 0.3 is 11.8 Å². The van der Waals surface area contributed by atoms with Crippen LogP contribution in [0.1, 0.15) is 5.56 Å². The summed E-state index contributed by atoms with van der Waals surface area (Å²) in [6.07, 6.45) is 0.982. The Labute approximate surface area is 146 Å². The van der Waals surface area contributed by atoms with Gasteiger partial charge in [0.25, 0.3) is 5.69 Å². The molecule has 0 aliphatic carbocycles. The number of nitrogens with one attached hydrogen (secondary N) is 2. The van der Waals surface area contributed by atoms with Crippen molar-refractivity contribution in [1.29, 1.82) is 0 Å². The van der Waals surface area contributed by atoms with Crippen LogP contribution in [0.4, 0.5) is 11.4 Å². The molecule has 0 aliphatic heterocycles. The number of non-ortho nitro benzene ring substituents is 1. The number of hydrogen-bond donors (Lipinski definition) is 3. The van der Waals surface area contributed by atoms with Crippen molar-refractivity contribution in [2.45, 2.75) is 0 Å². The molecule has 0 atom stereocenters. The Kier molecular flexibility index (Phi) is 5.64. The number of nitrogens with zero attached hydrogens (tertiary/aromatic N) is 2. The van der Waals surface area contributed by atoms with E-state index in [4.69, 9.17) is 11.6 Å². The first-order valence-corrected chi connectivity index (χ1v) is 7.12. The first kappa shape index (κ1) is 17.9. The van der Waals surface area contributed by atoms with Crippen molar-refractivity contribution in [2.75, 3.05) is 5.32 Å². The topological polar surface area (TPSA) is 134 Å². The molecule has 0 bridgehead atoms. The van der Waals surface area contributed by atoms with Crippen molar-refractivity contribution in [3.05, 3.63) is 63.2 Å². The van der Waals surface area contributed by atoms with Crippen LogP contribution in [0.3, 0.4) is 0 Å². The lowest BCUT2D eigenvalue weighted by Gasteiger charge is -2.04. The predicted molar refractivity (Wildman–Crippen MR) is 90.6 cm³/mol. The van der Waals surface area contributed by atoms with Crippen LogP contribution < -0.4 is 10.7 Å². The lowest BCUT2D eigenvalue weighted by atomic mass is 10.2. The molecule has 0 radical (unpaired) electrons. The lowest BCUT2D eigenvalue weighted by Crippen LogP contribution is -2.32. The van der Waals surface area contributed by atoms with E-state index in [1.54, 1.807) is 0 Å². The highest BCUT2D eigenvalue weighted by molar-refractivity contribution is 6.39. The van der Waals surface area contributed by atoms with E-state index in [2.05, 4.69) is 10.4 Å². The second-order valence-electron chi connectivity index (χ2n) is 4.66. The summed E-state index contributed by atoms with van der Waals surface area (Å²) in [6, 6.07) is 9.41. The Morgan fingerprint density at radius 3 is 2.48 bits per heavy atom. The number of aromatic hydroxyl groups is 1. The molecule has 0 spiro atoms. The number of phenols is 1. The Hall–Kier alpha value is -3.46. The molecule has 0 unspecified atom stereocenters. The van der Waals surface area contributed by atoms with Crippen molar-refractivity contribution in [2.24, 2.45) is 5.10 Å². The zero-order valence-corrected chi connectivity index (χ0v) is 13.2. The van der Waals surface area contributed by atoms with Crippen molar-refractivity contribution in [3.63, 3.8) is 0 Å². The minimum absolute atomic E-state index is 0.00705. The fraction of sp³-hybridized carbons (Fsp3) is 0. The van der Waals surface area contributed by atoms with Gasteiger partial charge in [-0.15, -0.1) is 0 Å². The maximum Gasteiger partial charge on any atom is 0.329 e. The minimum Gasteiger partial charge on any atom is -0.507 e. The second kappa shape index (κ2) is 7.88. The number of hydrazone groups is 1. The maximum absolute atomic E-state index is 11.7. The van der Waals surface area contributed by atoms with Crippen LogP contribution in [0, 0.1) is 10.1 Å². The number of anilines is 1. The smallest absolute Gasteiger partial charge is 0.329 e. The van der Waals surface area contributed by atoms with Crippen LogP contribution in [-0.2, 0) is 9.59 Å². The van der Waals surface area contributed by atoms with E-state index >= 15 is 0 Å². The second-order valence-corrected chi connectivity index (χ2v) is 5.10. The summed E-state index contributed by atoms with van der Waals surface area (Å²) in [5, 5.41) is 26.6. The summed E-state index contributed by atoms with van der Waals surface area (Å²) < 4.78 is 0. The number of rotatable bonds is 4. The van der Waals surface area contributed by atoms with Crippen LogP contribution in [0.25, 0.3) is 0 Å². The zero-order valence-electron chi connectivity index (χ0n) is 12.5. The highest BCUT2D eigenvalue weighted by atomic mass is 35.5. The third kappa shape index (κ3) is 5.01. The summed E-state index contributed by atoms with van der Waals surface area (Å²) in [5.74, 6) is -2.30. The predicted octanol–water partition coefficient (Wildman–Crippen LogP) is 2.04. The van der Waals surface area contributed by atoms with Gasteiger partial charge in [0.05, 0.1) is 11.1 Å². The Balaban J connectivity index is 1.98. The summed E-state index contributed by atoms with van der Waals surface area (Å²) in [6.45, 7) is 0. The van der Waals surface area contributed by atoms with Crippen LogP contribution >= 0.6 is 11.6 Å². The van der Waals surface area contributed by atoms with Crippen LogP contribution in [0.15, 0.2) is 47.6 Å². The molecule has 0 heterocycles. The van der Waals surface area contributed by atoms with Gasteiger partial charge < -0.3 is 10.4 Å². The number of hydrogen-bond acceptors (Lipinski definition) is 6. The Bertz CT molecular complexity index is 852. The van der Waals surface area contributed by atoms with Gasteiger partial charge in [-0.3, -0.25) is 19.7 Å². The van der Waals surface area contributed by atoms with Gasteiger partial charge in [-0.2, -0.15) is 5.10 Å². The molecular weight excluding hydrogens is 352 g/mol. The SMILES string of the molecule is O=C(N/N=C\c1cc([N+](=O)[O-])ccc1O)C(=O)Nc1ccc(Cl)cc1. The van der Waals surface area contributed by atoms with Gasteiger partial charge in [-0.1, -0.05) is 11.6 Å². The van der Waals surface area contributed by atoms with Crippen molar-refractivity contribution in [1.82, 2.24) is 5.43 Å². The van der Waals surface area contributed by atoms with Crippen LogP contribution in [0.2, 0.25) is 5.02 Å². The molecule has 2 rings (SSSR count). The van der Waals surface area contributed by atoms with Crippen LogP contribution in [0.5, 0.6) is 5.75 Å². The number of nitro groups is 1. The standard InChI is InChI=1S/C15H11ClN4O5/c16-10-1-3-11(4-2-10)18-14(22)15(23)19-17-8-9-7-12(20(24)25)5-6-13(9)21/h1-8,21H,(H,18,22)(H,19,23)/b17-8-. The summed E-state index contributed by atoms with van der Waals surface area (Å²) in [4.78, 5) is 33.3. The highest BCUT2D eigenvalue weighted by Gasteiger charge is 2.13. The Morgan fingerprint density at radius 2 is 1.84 bits per heavy atom. The normalized spacial score (nSPS) is 10.4. The molecule has 2 aromatic carbocycles. The average Bonchev–Trinajstić information content (AvgIpc) is 2.58. The average molecular weight is 363 g/mol. The number of halogens is 1. The van der Waals surface area contributed by atoms with Crippen LogP contribution in [-0.4, -0.2) is 28.1 Å². The fourth-order valence-corrected chi connectivity index (χ4v) is 1.82. The molecule has 128 valence electrons. The zero-order chi connectivity index (χ0) is 18.4. The molecule has 10 heteroatoms. The molecule has 2 amide bonds. The number of phenolic OH excluding ortho intramolecular Hbond substituents is 1. The monoisotopic (exact) mass is 362 g/mol. The van der Waals surface area contributed by atoms with Crippen molar-refractivity contribution in [3.8, 4) is 5.75 Å². The molecule has 9 nitrogen and oxygen atoms in total. The van der Waals surface area contributed by atoms with E-state index in [0.29, 0.717) is 10.7 Å². The quantitative estimate of drug-likeness (QED) is 0.331. The third-order valence-corrected chi connectivity index (χ3v) is 3.15. The largest absolute Gasteiger partial charge is 0.507 e. The van der Waals surface area contributed by atoms with Crippen molar-refractivity contribution >= 4 is 41.0 Å². The maximum atomic E-state index is 11.7. The van der Waals surface area contributed by atoms with E-state index in [9.17, 15) is 24.8 Å². The van der Waals surface area contributed by atoms with E-state index in [1.807, 2.05) is 5.43 Å². The summed E-state index contributed by atoms with van der Waals surface area (Å²) in [5.41, 5.74) is 2.06. The van der Waals surface area contributed by atoms with Gasteiger partial charge in [0.1, 0.15) is 5.75 Å². The number of carbonyl (C=O) groups excluding carboxylic acids is 2. The van der Waals surface area contributed by atoms with E-state index < -0.39 is 16.7 Å². The van der Waals surface area contributed by atoms with Gasteiger partial charge in [0, 0.05) is 28.4 Å². The first-order chi connectivity index (χ1) is 11.9. The first-order valence-electron chi connectivity index (χ1n) is 6.74. The molecular formula is C15H11ClN4O5. The van der Waals surface area contributed by atoms with Gasteiger partial charge in [-0.25, -0.2) is 5.43 Å². The summed E-state index contributed by atoms with van der Waals surface area (Å²) >= 11 is 5.71. The molecule has 3 N–H and O–H groups in total. The minimum atomic E-state index is -1.06. The highest BCUT2D eigenvalue weighted by Crippen LogP contribution is 2.21. The van der Waals surface area contributed by atoms with Gasteiger partial charge in [-0.05, 0) is 30.3 Å². The molecule has 2 aromatic rings. The molecule has 0 aliphatic rings. The molecule has 0 saturated carbocycles. The van der Waals surface area contributed by atoms with E-state index in [1.165, 1.54) is 24.3 Å². The fourth-order valence-electron chi connectivity index (χ4n) is 1.69.